The molecule has 10 aromatic rings. The molecule has 9 aromatic carbocycles. The summed E-state index contributed by atoms with van der Waals surface area (Å²) in [4.78, 5) is 2.45. The van der Waals surface area contributed by atoms with Crippen molar-refractivity contribution < 1.29 is 0 Å². The molecule has 10 rings (SSSR count). The molecule has 0 atom stereocenters. The van der Waals surface area contributed by atoms with Gasteiger partial charge in [0.2, 0.25) is 0 Å². The average Bonchev–Trinajstić information content (AvgIpc) is 3.56. The molecule has 0 saturated carbocycles. The van der Waals surface area contributed by atoms with E-state index < -0.39 is 0 Å². The van der Waals surface area contributed by atoms with Crippen LogP contribution in [0.15, 0.2) is 188 Å². The first-order valence-electron chi connectivity index (χ1n) is 17.1. The van der Waals surface area contributed by atoms with Crippen LogP contribution < -0.4 is 4.90 Å². The highest BCUT2D eigenvalue weighted by Gasteiger charge is 2.20. The molecule has 0 bridgehead atoms. The van der Waals surface area contributed by atoms with E-state index in [-0.39, 0.29) is 0 Å². The minimum atomic E-state index is 1.12. The van der Waals surface area contributed by atoms with Crippen LogP contribution in [-0.4, -0.2) is 0 Å². The van der Waals surface area contributed by atoms with Gasteiger partial charge < -0.3 is 4.90 Å². The summed E-state index contributed by atoms with van der Waals surface area (Å²) in [5, 5.41) is 10.1. The first-order valence-corrected chi connectivity index (χ1v) is 17.9. The number of hydrogen-bond donors (Lipinski definition) is 0. The first kappa shape index (κ1) is 28.8. The fraction of sp³-hybridized carbons (Fsp3) is 0. The van der Waals surface area contributed by atoms with Crippen LogP contribution >= 0.6 is 11.3 Å². The average molecular weight is 654 g/mol. The van der Waals surface area contributed by atoms with Gasteiger partial charge in [-0.3, -0.25) is 0 Å². The van der Waals surface area contributed by atoms with E-state index >= 15 is 0 Å². The van der Waals surface area contributed by atoms with Crippen molar-refractivity contribution in [1.29, 1.82) is 0 Å². The van der Waals surface area contributed by atoms with Gasteiger partial charge in [0.1, 0.15) is 0 Å². The summed E-state index contributed by atoms with van der Waals surface area (Å²) in [6, 6.07) is 68.9. The Bertz CT molecular complexity index is 2900. The van der Waals surface area contributed by atoms with E-state index in [1.54, 1.807) is 0 Å². The Kier molecular flexibility index (Phi) is 6.75. The third kappa shape index (κ3) is 4.76. The van der Waals surface area contributed by atoms with Gasteiger partial charge in [-0.1, -0.05) is 133 Å². The number of anilines is 3. The molecule has 0 fully saturated rings. The van der Waals surface area contributed by atoms with E-state index in [0.717, 1.165) is 17.1 Å². The maximum atomic E-state index is 2.45. The predicted octanol–water partition coefficient (Wildman–Crippen LogP) is 14.3. The molecule has 50 heavy (non-hydrogen) atoms. The molecule has 0 aliphatic heterocycles. The molecule has 1 aromatic heterocycles. The normalized spacial score (nSPS) is 11.6. The highest BCUT2D eigenvalue weighted by atomic mass is 32.1. The molecule has 0 unspecified atom stereocenters. The maximum Gasteiger partial charge on any atom is 0.0540 e. The predicted molar refractivity (Wildman–Crippen MR) is 217 cm³/mol. The minimum absolute atomic E-state index is 1.12. The SMILES string of the molecule is c1cc(-c2ccc3ccccc3c2)cc(N(c2ccc3sc4ccccc4c3c2)c2ccccc2-c2cc3ccccc3c3ccccc23)c1. The van der Waals surface area contributed by atoms with Crippen LogP contribution in [0.5, 0.6) is 0 Å². The number of para-hydroxylation sites is 1. The van der Waals surface area contributed by atoms with Crippen LogP contribution in [0, 0.1) is 0 Å². The molecule has 0 aliphatic rings. The van der Waals surface area contributed by atoms with Gasteiger partial charge in [-0.25, -0.2) is 0 Å². The van der Waals surface area contributed by atoms with E-state index in [1.807, 2.05) is 11.3 Å². The molecule has 234 valence electrons. The van der Waals surface area contributed by atoms with Crippen molar-refractivity contribution in [2.24, 2.45) is 0 Å². The van der Waals surface area contributed by atoms with Crippen molar-refractivity contribution in [1.82, 2.24) is 0 Å². The fourth-order valence-corrected chi connectivity index (χ4v) is 8.73. The molecule has 1 nitrogen and oxygen atoms in total. The zero-order valence-corrected chi connectivity index (χ0v) is 28.1. The Labute approximate surface area is 294 Å². The van der Waals surface area contributed by atoms with Gasteiger partial charge in [-0.2, -0.15) is 0 Å². The van der Waals surface area contributed by atoms with Crippen molar-refractivity contribution in [3.8, 4) is 22.3 Å². The van der Waals surface area contributed by atoms with Crippen molar-refractivity contribution in [2.45, 2.75) is 0 Å². The summed E-state index contributed by atoms with van der Waals surface area (Å²) < 4.78 is 2.61. The summed E-state index contributed by atoms with van der Waals surface area (Å²) in [6.07, 6.45) is 0. The van der Waals surface area contributed by atoms with E-state index in [4.69, 9.17) is 0 Å². The standard InChI is InChI=1S/C48H31NS/c1-2-13-33-28-35(25-24-32(33)12-1)34-15-11-16-37(29-34)49(38-26-27-48-45(31-38)43-21-8-10-23-47(43)50-48)46-22-9-7-20-42(46)44-30-36-14-3-4-17-39(36)40-18-5-6-19-41(40)44/h1-31H. The van der Waals surface area contributed by atoms with Crippen molar-refractivity contribution in [3.05, 3.63) is 188 Å². The Balaban J connectivity index is 1.23. The Morgan fingerprint density at radius 3 is 1.88 bits per heavy atom. The van der Waals surface area contributed by atoms with E-state index in [2.05, 4.69) is 193 Å². The summed E-state index contributed by atoms with van der Waals surface area (Å²) in [6.45, 7) is 0. The summed E-state index contributed by atoms with van der Waals surface area (Å²) in [5.41, 5.74) is 8.21. The Hall–Kier alpha value is -6.22. The van der Waals surface area contributed by atoms with E-state index in [0.29, 0.717) is 0 Å². The quantitative estimate of drug-likeness (QED) is 0.167. The number of benzene rings is 9. The van der Waals surface area contributed by atoms with Crippen molar-refractivity contribution >= 4 is 80.9 Å². The molecule has 0 aliphatic carbocycles. The number of rotatable bonds is 5. The molecule has 0 spiro atoms. The number of thiophene rings is 1. The second-order valence-electron chi connectivity index (χ2n) is 12.9. The van der Waals surface area contributed by atoms with Crippen LogP contribution in [-0.2, 0) is 0 Å². The van der Waals surface area contributed by atoms with Gasteiger partial charge in [0, 0.05) is 37.1 Å². The third-order valence-corrected chi connectivity index (χ3v) is 11.2. The summed E-state index contributed by atoms with van der Waals surface area (Å²) >= 11 is 1.86. The van der Waals surface area contributed by atoms with Crippen LogP contribution in [0.1, 0.15) is 0 Å². The first-order chi connectivity index (χ1) is 24.8. The zero-order valence-electron chi connectivity index (χ0n) is 27.3. The molecule has 0 saturated heterocycles. The third-order valence-electron chi connectivity index (χ3n) is 10.0. The zero-order chi connectivity index (χ0) is 33.0. The highest BCUT2D eigenvalue weighted by molar-refractivity contribution is 7.25. The fourth-order valence-electron chi connectivity index (χ4n) is 7.65. The van der Waals surface area contributed by atoms with Gasteiger partial charge in [0.25, 0.3) is 0 Å². The van der Waals surface area contributed by atoms with Gasteiger partial charge in [0.05, 0.1) is 5.69 Å². The summed E-state index contributed by atoms with van der Waals surface area (Å²) in [7, 11) is 0. The van der Waals surface area contributed by atoms with Crippen LogP contribution in [0.4, 0.5) is 17.1 Å². The summed E-state index contributed by atoms with van der Waals surface area (Å²) in [5.74, 6) is 0. The molecular weight excluding hydrogens is 623 g/mol. The van der Waals surface area contributed by atoms with E-state index in [9.17, 15) is 0 Å². The maximum absolute atomic E-state index is 2.45. The van der Waals surface area contributed by atoms with Crippen LogP contribution in [0.2, 0.25) is 0 Å². The van der Waals surface area contributed by atoms with Gasteiger partial charge in [-0.05, 0) is 104 Å². The van der Waals surface area contributed by atoms with Gasteiger partial charge in [-0.15, -0.1) is 11.3 Å². The lowest BCUT2D eigenvalue weighted by Crippen LogP contribution is -2.11. The second-order valence-corrected chi connectivity index (χ2v) is 14.0. The minimum Gasteiger partial charge on any atom is -0.310 e. The number of hydrogen-bond acceptors (Lipinski definition) is 2. The van der Waals surface area contributed by atoms with Gasteiger partial charge in [0.15, 0.2) is 0 Å². The Morgan fingerprint density at radius 1 is 0.320 bits per heavy atom. The van der Waals surface area contributed by atoms with Crippen molar-refractivity contribution in [2.75, 3.05) is 4.90 Å². The number of nitrogens with zero attached hydrogens (tertiary/aromatic N) is 1. The number of fused-ring (bicyclic) bond motifs is 7. The largest absolute Gasteiger partial charge is 0.310 e. The lowest BCUT2D eigenvalue weighted by molar-refractivity contribution is 1.29. The monoisotopic (exact) mass is 653 g/mol. The van der Waals surface area contributed by atoms with E-state index in [1.165, 1.54) is 74.7 Å². The van der Waals surface area contributed by atoms with Crippen molar-refractivity contribution in [3.63, 3.8) is 0 Å². The molecule has 1 heterocycles. The van der Waals surface area contributed by atoms with Gasteiger partial charge >= 0.3 is 0 Å². The van der Waals surface area contributed by atoms with Crippen LogP contribution in [0.3, 0.4) is 0 Å². The molecule has 0 radical (unpaired) electrons. The van der Waals surface area contributed by atoms with Crippen LogP contribution in [0.25, 0.3) is 74.7 Å². The highest BCUT2D eigenvalue weighted by Crippen LogP contribution is 2.46. The Morgan fingerprint density at radius 2 is 0.980 bits per heavy atom. The molecular formula is C48H31NS. The molecule has 0 amide bonds. The topological polar surface area (TPSA) is 3.24 Å². The smallest absolute Gasteiger partial charge is 0.0540 e. The lowest BCUT2D eigenvalue weighted by atomic mass is 9.92. The lowest BCUT2D eigenvalue weighted by Gasteiger charge is -2.29. The molecule has 2 heteroatoms. The second kappa shape index (κ2) is 11.7. The molecule has 0 N–H and O–H groups in total.